The molecule has 1 aromatic carbocycles. The highest BCUT2D eigenvalue weighted by Gasteiger charge is 2.12. The summed E-state index contributed by atoms with van der Waals surface area (Å²) in [5, 5.41) is 19.4. The van der Waals surface area contributed by atoms with Crippen LogP contribution >= 0.6 is 0 Å². The lowest BCUT2D eigenvalue weighted by Gasteiger charge is -2.05. The van der Waals surface area contributed by atoms with Gasteiger partial charge >= 0.3 is 0 Å². The van der Waals surface area contributed by atoms with E-state index in [1.165, 1.54) is 16.7 Å². The van der Waals surface area contributed by atoms with Gasteiger partial charge in [0.25, 0.3) is 0 Å². The fourth-order valence-corrected chi connectivity index (χ4v) is 1.49. The summed E-state index contributed by atoms with van der Waals surface area (Å²) in [4.78, 5) is 0. The average Bonchev–Trinajstić information content (AvgIpc) is 2.55. The molecule has 3 heteroatoms. The predicted octanol–water partition coefficient (Wildman–Crippen LogP) is 2.53. The second-order valence-corrected chi connectivity index (χ2v) is 3.16. The third-order valence-electron chi connectivity index (χ3n) is 2.22. The summed E-state index contributed by atoms with van der Waals surface area (Å²) < 4.78 is 1.36. The van der Waals surface area contributed by atoms with Crippen molar-refractivity contribution in [3.63, 3.8) is 0 Å². The smallest absolute Gasteiger partial charge is 0.206 e. The number of hydrogen-bond donors (Lipinski definition) is 2. The molecule has 0 unspecified atom stereocenters. The molecule has 15 heavy (non-hydrogen) atoms. The number of aromatic hydroxyl groups is 2. The van der Waals surface area contributed by atoms with Crippen molar-refractivity contribution in [2.24, 2.45) is 0 Å². The van der Waals surface area contributed by atoms with E-state index in [2.05, 4.69) is 6.58 Å². The van der Waals surface area contributed by atoms with Gasteiger partial charge in [0.1, 0.15) is 0 Å². The zero-order chi connectivity index (χ0) is 10.8. The molecular formula is C12H11NO2. The summed E-state index contributed by atoms with van der Waals surface area (Å²) in [6.45, 7) is 3.56. The summed E-state index contributed by atoms with van der Waals surface area (Å²) >= 11 is 0. The van der Waals surface area contributed by atoms with E-state index in [1.54, 1.807) is 12.1 Å². The van der Waals surface area contributed by atoms with E-state index in [0.717, 1.165) is 0 Å². The van der Waals surface area contributed by atoms with Gasteiger partial charge in [-0.05, 0) is 12.1 Å². The van der Waals surface area contributed by atoms with Gasteiger partial charge in [-0.3, -0.25) is 4.57 Å². The first-order valence-electron chi connectivity index (χ1n) is 4.55. The van der Waals surface area contributed by atoms with Gasteiger partial charge in [-0.1, -0.05) is 30.9 Å². The number of rotatable bonds is 2. The topological polar surface area (TPSA) is 45.4 Å². The van der Waals surface area contributed by atoms with E-state index in [9.17, 15) is 10.2 Å². The van der Waals surface area contributed by atoms with Gasteiger partial charge in [-0.15, -0.1) is 0 Å². The van der Waals surface area contributed by atoms with E-state index in [-0.39, 0.29) is 11.8 Å². The summed E-state index contributed by atoms with van der Waals surface area (Å²) in [5.41, 5.74) is 1.22. The molecule has 3 nitrogen and oxygen atoms in total. The zero-order valence-corrected chi connectivity index (χ0v) is 8.09. The van der Waals surface area contributed by atoms with Gasteiger partial charge in [0, 0.05) is 11.6 Å². The molecule has 0 saturated carbocycles. The van der Waals surface area contributed by atoms with E-state index in [0.29, 0.717) is 11.3 Å². The minimum absolute atomic E-state index is 0.00583. The number of hydrogen-bond acceptors (Lipinski definition) is 2. The highest BCUT2D eigenvalue weighted by Crippen LogP contribution is 2.31. The number of aromatic nitrogens is 1. The second kappa shape index (κ2) is 3.53. The molecule has 0 fully saturated rings. The Morgan fingerprint density at radius 3 is 2.33 bits per heavy atom. The number of benzene rings is 1. The van der Waals surface area contributed by atoms with Crippen LogP contribution in [0.4, 0.5) is 0 Å². The molecule has 0 saturated heterocycles. The summed E-state index contributed by atoms with van der Waals surface area (Å²) in [6.07, 6.45) is 1.49. The Morgan fingerprint density at radius 1 is 1.13 bits per heavy atom. The van der Waals surface area contributed by atoms with Gasteiger partial charge in [0.2, 0.25) is 5.88 Å². The Bertz CT molecular complexity index is 486. The van der Waals surface area contributed by atoms with Crippen LogP contribution in [0.3, 0.4) is 0 Å². The van der Waals surface area contributed by atoms with Gasteiger partial charge in [0.05, 0.1) is 5.69 Å². The SMILES string of the molecule is C=Cc1cc(O)n(-c2ccccc2)c1O. The maximum absolute atomic E-state index is 9.79. The largest absolute Gasteiger partial charge is 0.494 e. The Kier molecular flexibility index (Phi) is 2.21. The lowest BCUT2D eigenvalue weighted by atomic mass is 10.3. The Morgan fingerprint density at radius 2 is 1.80 bits per heavy atom. The van der Waals surface area contributed by atoms with Crippen molar-refractivity contribution >= 4 is 6.08 Å². The lowest BCUT2D eigenvalue weighted by molar-refractivity contribution is 0.402. The van der Waals surface area contributed by atoms with Crippen LogP contribution in [0.15, 0.2) is 43.0 Å². The maximum Gasteiger partial charge on any atom is 0.206 e. The van der Waals surface area contributed by atoms with E-state index in [1.807, 2.05) is 18.2 Å². The molecule has 2 rings (SSSR count). The molecule has 2 aromatic rings. The summed E-state index contributed by atoms with van der Waals surface area (Å²) in [6, 6.07) is 10.6. The average molecular weight is 201 g/mol. The molecule has 0 aliphatic heterocycles. The fraction of sp³-hybridized carbons (Fsp3) is 0. The van der Waals surface area contributed by atoms with Crippen molar-refractivity contribution in [3.05, 3.63) is 48.5 Å². The molecule has 2 N–H and O–H groups in total. The van der Waals surface area contributed by atoms with Crippen LogP contribution in [0.5, 0.6) is 11.8 Å². The first-order chi connectivity index (χ1) is 7.24. The van der Waals surface area contributed by atoms with Crippen LogP contribution in [0.1, 0.15) is 5.56 Å². The monoisotopic (exact) mass is 201 g/mol. The molecule has 76 valence electrons. The van der Waals surface area contributed by atoms with Crippen LogP contribution in [0.25, 0.3) is 11.8 Å². The molecule has 0 amide bonds. The molecule has 1 aromatic heterocycles. The van der Waals surface area contributed by atoms with Crippen molar-refractivity contribution in [2.45, 2.75) is 0 Å². The molecule has 0 aliphatic carbocycles. The first kappa shape index (κ1) is 9.40. The maximum atomic E-state index is 9.79. The van der Waals surface area contributed by atoms with Gasteiger partial charge < -0.3 is 10.2 Å². The predicted molar refractivity (Wildman–Crippen MR) is 59.2 cm³/mol. The normalized spacial score (nSPS) is 10.1. The van der Waals surface area contributed by atoms with Crippen molar-refractivity contribution < 1.29 is 10.2 Å². The highest BCUT2D eigenvalue weighted by atomic mass is 16.3. The first-order valence-corrected chi connectivity index (χ1v) is 4.55. The molecule has 0 aliphatic rings. The summed E-state index contributed by atoms with van der Waals surface area (Å²) in [7, 11) is 0. The van der Waals surface area contributed by atoms with Crippen LogP contribution in [-0.2, 0) is 0 Å². The molecule has 0 bridgehead atoms. The Labute approximate surface area is 87.5 Å². The van der Waals surface area contributed by atoms with Gasteiger partial charge in [-0.25, -0.2) is 0 Å². The Hall–Kier alpha value is -2.16. The number of para-hydroxylation sites is 1. The van der Waals surface area contributed by atoms with Crippen molar-refractivity contribution in [3.8, 4) is 17.4 Å². The van der Waals surface area contributed by atoms with E-state index >= 15 is 0 Å². The summed E-state index contributed by atoms with van der Waals surface area (Å²) in [5.74, 6) is -0.0118. The minimum atomic E-state index is -0.00593. The standard InChI is InChI=1S/C12H11NO2/c1-2-9-8-11(14)13(12(9)15)10-6-4-3-5-7-10/h2-8,14-15H,1H2. The zero-order valence-electron chi connectivity index (χ0n) is 8.09. The number of nitrogens with zero attached hydrogens (tertiary/aromatic N) is 1. The van der Waals surface area contributed by atoms with Crippen molar-refractivity contribution in [1.29, 1.82) is 0 Å². The second-order valence-electron chi connectivity index (χ2n) is 3.16. The lowest BCUT2D eigenvalue weighted by Crippen LogP contribution is -1.91. The fourth-order valence-electron chi connectivity index (χ4n) is 1.49. The molecule has 1 heterocycles. The Balaban J connectivity index is 2.63. The molecule has 0 atom stereocenters. The van der Waals surface area contributed by atoms with Crippen LogP contribution in [0.2, 0.25) is 0 Å². The molecule has 0 spiro atoms. The van der Waals surface area contributed by atoms with Gasteiger partial charge in [-0.2, -0.15) is 0 Å². The van der Waals surface area contributed by atoms with Crippen LogP contribution in [-0.4, -0.2) is 14.8 Å². The van der Waals surface area contributed by atoms with E-state index in [4.69, 9.17) is 0 Å². The minimum Gasteiger partial charge on any atom is -0.494 e. The van der Waals surface area contributed by atoms with E-state index < -0.39 is 0 Å². The third-order valence-corrected chi connectivity index (χ3v) is 2.22. The van der Waals surface area contributed by atoms with Crippen molar-refractivity contribution in [1.82, 2.24) is 4.57 Å². The van der Waals surface area contributed by atoms with Gasteiger partial charge in [0.15, 0.2) is 5.88 Å². The van der Waals surface area contributed by atoms with Crippen LogP contribution < -0.4 is 0 Å². The molecular weight excluding hydrogens is 190 g/mol. The van der Waals surface area contributed by atoms with Crippen molar-refractivity contribution in [2.75, 3.05) is 0 Å². The third kappa shape index (κ3) is 1.48. The van der Waals surface area contributed by atoms with Crippen LogP contribution in [0, 0.1) is 0 Å². The molecule has 0 radical (unpaired) electrons. The highest BCUT2D eigenvalue weighted by molar-refractivity contribution is 5.59. The quantitative estimate of drug-likeness (QED) is 0.784.